The van der Waals surface area contributed by atoms with Crippen LogP contribution in [0.1, 0.15) is 37.7 Å². The van der Waals surface area contributed by atoms with Crippen molar-refractivity contribution in [1.82, 2.24) is 9.80 Å². The van der Waals surface area contributed by atoms with Crippen LogP contribution in [-0.4, -0.2) is 53.2 Å². The minimum atomic E-state index is 0.303. The van der Waals surface area contributed by atoms with Gasteiger partial charge in [-0.1, -0.05) is 49.2 Å². The van der Waals surface area contributed by atoms with E-state index < -0.39 is 0 Å². The summed E-state index contributed by atoms with van der Waals surface area (Å²) >= 11 is 0. The highest BCUT2D eigenvalue weighted by molar-refractivity contribution is 5.82. The summed E-state index contributed by atoms with van der Waals surface area (Å²) in [6.07, 6.45) is 6.38. The molecule has 2 fully saturated rings. The molecular weight excluding hydrogens is 308 g/mol. The maximum absolute atomic E-state index is 9.53. The third-order valence-electron chi connectivity index (χ3n) is 6.09. The lowest BCUT2D eigenvalue weighted by Gasteiger charge is -2.44. The molecule has 3 nitrogen and oxygen atoms in total. The Hall–Kier alpha value is -1.42. The van der Waals surface area contributed by atoms with Crippen LogP contribution < -0.4 is 0 Å². The number of hydrogen-bond donors (Lipinski definition) is 1. The summed E-state index contributed by atoms with van der Waals surface area (Å²) < 4.78 is 0. The number of rotatable bonds is 5. The quantitative estimate of drug-likeness (QED) is 0.901. The largest absolute Gasteiger partial charge is 0.396 e. The van der Waals surface area contributed by atoms with Crippen LogP contribution in [-0.2, 0) is 6.54 Å². The molecule has 1 saturated heterocycles. The summed E-state index contributed by atoms with van der Waals surface area (Å²) in [5, 5.41) is 12.2. The molecule has 1 heterocycles. The molecule has 0 aromatic heterocycles. The summed E-state index contributed by atoms with van der Waals surface area (Å²) in [5.74, 6) is 0. The van der Waals surface area contributed by atoms with Gasteiger partial charge < -0.3 is 5.11 Å². The van der Waals surface area contributed by atoms with Crippen LogP contribution in [0.25, 0.3) is 10.8 Å². The van der Waals surface area contributed by atoms with E-state index in [4.69, 9.17) is 0 Å². The van der Waals surface area contributed by atoms with Gasteiger partial charge in [0.05, 0.1) is 0 Å². The van der Waals surface area contributed by atoms with Crippen molar-refractivity contribution < 1.29 is 5.11 Å². The molecule has 0 bridgehead atoms. The molecule has 1 aliphatic heterocycles. The Morgan fingerprint density at radius 3 is 2.56 bits per heavy atom. The Morgan fingerprint density at radius 2 is 1.76 bits per heavy atom. The Bertz CT molecular complexity index is 695. The Balaban J connectivity index is 1.43. The molecule has 1 atom stereocenters. The first-order chi connectivity index (χ1) is 12.3. The normalized spacial score (nSPS) is 23.5. The second-order valence-corrected chi connectivity index (χ2v) is 7.76. The van der Waals surface area contributed by atoms with E-state index in [-0.39, 0.29) is 0 Å². The van der Waals surface area contributed by atoms with Crippen LogP contribution in [0.5, 0.6) is 0 Å². The molecule has 1 unspecified atom stereocenters. The molecule has 0 amide bonds. The molecule has 0 radical (unpaired) electrons. The summed E-state index contributed by atoms with van der Waals surface area (Å²) in [4.78, 5) is 5.29. The zero-order valence-corrected chi connectivity index (χ0v) is 15.1. The molecule has 2 aliphatic rings. The molecule has 1 saturated carbocycles. The zero-order chi connectivity index (χ0) is 17.1. The summed E-state index contributed by atoms with van der Waals surface area (Å²) in [7, 11) is 0. The van der Waals surface area contributed by atoms with E-state index in [1.165, 1.54) is 42.0 Å². The first kappa shape index (κ1) is 17.0. The van der Waals surface area contributed by atoms with Crippen molar-refractivity contribution in [1.29, 1.82) is 0 Å². The van der Waals surface area contributed by atoms with Crippen molar-refractivity contribution in [3.05, 3.63) is 48.0 Å². The van der Waals surface area contributed by atoms with Gasteiger partial charge in [0.25, 0.3) is 0 Å². The van der Waals surface area contributed by atoms with Crippen LogP contribution in [0.15, 0.2) is 42.5 Å². The van der Waals surface area contributed by atoms with E-state index >= 15 is 0 Å². The SMILES string of the molecule is OCCC1CN(Cc2ccc3ccccc3c2)CCN1C1CCCC1. The fourth-order valence-corrected chi connectivity index (χ4v) is 4.80. The first-order valence-electron chi connectivity index (χ1n) is 9.90. The van der Waals surface area contributed by atoms with E-state index in [9.17, 15) is 5.11 Å². The molecule has 1 aliphatic carbocycles. The average Bonchev–Trinajstić information content (AvgIpc) is 3.17. The zero-order valence-electron chi connectivity index (χ0n) is 15.1. The monoisotopic (exact) mass is 338 g/mol. The lowest BCUT2D eigenvalue weighted by Crippen LogP contribution is -2.55. The molecular formula is C22H30N2O. The van der Waals surface area contributed by atoms with Crippen molar-refractivity contribution in [3.63, 3.8) is 0 Å². The number of fused-ring (bicyclic) bond motifs is 1. The molecule has 1 N–H and O–H groups in total. The predicted octanol–water partition coefficient (Wildman–Crippen LogP) is 3.65. The van der Waals surface area contributed by atoms with Gasteiger partial charge in [0.15, 0.2) is 0 Å². The fourth-order valence-electron chi connectivity index (χ4n) is 4.80. The van der Waals surface area contributed by atoms with E-state index in [1.54, 1.807) is 0 Å². The minimum Gasteiger partial charge on any atom is -0.396 e. The van der Waals surface area contributed by atoms with E-state index in [0.29, 0.717) is 12.6 Å². The third kappa shape index (κ3) is 3.89. The lowest BCUT2D eigenvalue weighted by atomic mass is 10.0. The van der Waals surface area contributed by atoms with Crippen molar-refractivity contribution in [2.75, 3.05) is 26.2 Å². The number of benzene rings is 2. The molecule has 3 heteroatoms. The van der Waals surface area contributed by atoms with Gasteiger partial charge >= 0.3 is 0 Å². The summed E-state index contributed by atoms with van der Waals surface area (Å²) in [5.41, 5.74) is 1.40. The molecule has 25 heavy (non-hydrogen) atoms. The van der Waals surface area contributed by atoms with Crippen LogP contribution in [0.4, 0.5) is 0 Å². The number of hydrogen-bond acceptors (Lipinski definition) is 3. The lowest BCUT2D eigenvalue weighted by molar-refractivity contribution is 0.0267. The standard InChI is InChI=1S/C22H30N2O/c25-14-11-22-17-23(12-13-24(22)21-7-3-4-8-21)16-18-9-10-19-5-1-2-6-20(19)15-18/h1-2,5-6,9-10,15,21-22,25H,3-4,7-8,11-14,16-17H2. The first-order valence-corrected chi connectivity index (χ1v) is 9.90. The van der Waals surface area contributed by atoms with Crippen LogP contribution in [0.2, 0.25) is 0 Å². The highest BCUT2D eigenvalue weighted by Gasteiger charge is 2.32. The van der Waals surface area contributed by atoms with Gasteiger partial charge in [0.2, 0.25) is 0 Å². The maximum Gasteiger partial charge on any atom is 0.0446 e. The van der Waals surface area contributed by atoms with Gasteiger partial charge in [-0.25, -0.2) is 0 Å². The van der Waals surface area contributed by atoms with Gasteiger partial charge in [-0.2, -0.15) is 0 Å². The van der Waals surface area contributed by atoms with Gasteiger partial charge in [0, 0.05) is 44.9 Å². The highest BCUT2D eigenvalue weighted by Crippen LogP contribution is 2.28. The smallest absolute Gasteiger partial charge is 0.0446 e. The number of nitrogens with zero attached hydrogens (tertiary/aromatic N) is 2. The van der Waals surface area contributed by atoms with Crippen molar-refractivity contribution >= 4 is 10.8 Å². The van der Waals surface area contributed by atoms with Gasteiger partial charge in [-0.3, -0.25) is 9.80 Å². The molecule has 134 valence electrons. The topological polar surface area (TPSA) is 26.7 Å². The fraction of sp³-hybridized carbons (Fsp3) is 0.545. The Morgan fingerprint density at radius 1 is 0.960 bits per heavy atom. The average molecular weight is 338 g/mol. The van der Waals surface area contributed by atoms with Crippen molar-refractivity contribution in [2.24, 2.45) is 0 Å². The maximum atomic E-state index is 9.53. The van der Waals surface area contributed by atoms with Gasteiger partial charge in [0.1, 0.15) is 0 Å². The second kappa shape index (κ2) is 7.86. The Kier molecular flexibility index (Phi) is 5.35. The van der Waals surface area contributed by atoms with Gasteiger partial charge in [-0.05, 0) is 41.7 Å². The summed E-state index contributed by atoms with van der Waals surface area (Å²) in [6, 6.07) is 16.7. The highest BCUT2D eigenvalue weighted by atomic mass is 16.3. The molecule has 2 aromatic carbocycles. The predicted molar refractivity (Wildman–Crippen MR) is 104 cm³/mol. The number of piperazine rings is 1. The summed E-state index contributed by atoms with van der Waals surface area (Å²) in [6.45, 7) is 4.71. The number of aliphatic hydroxyl groups excluding tert-OH is 1. The molecule has 2 aromatic rings. The van der Waals surface area contributed by atoms with E-state index in [0.717, 1.165) is 38.6 Å². The van der Waals surface area contributed by atoms with Gasteiger partial charge in [-0.15, -0.1) is 0 Å². The molecule has 0 spiro atoms. The van der Waals surface area contributed by atoms with Crippen molar-refractivity contribution in [2.45, 2.75) is 50.7 Å². The van der Waals surface area contributed by atoms with Crippen LogP contribution in [0.3, 0.4) is 0 Å². The van der Waals surface area contributed by atoms with E-state index in [1.807, 2.05) is 0 Å². The van der Waals surface area contributed by atoms with E-state index in [2.05, 4.69) is 52.3 Å². The number of aliphatic hydroxyl groups is 1. The minimum absolute atomic E-state index is 0.303. The Labute approximate surface area is 151 Å². The third-order valence-corrected chi connectivity index (χ3v) is 6.09. The second-order valence-electron chi connectivity index (χ2n) is 7.76. The molecule has 4 rings (SSSR count). The van der Waals surface area contributed by atoms with Crippen LogP contribution in [0, 0.1) is 0 Å². The van der Waals surface area contributed by atoms with Crippen molar-refractivity contribution in [3.8, 4) is 0 Å². The van der Waals surface area contributed by atoms with Crippen LogP contribution >= 0.6 is 0 Å².